The van der Waals surface area contributed by atoms with Crippen LogP contribution in [-0.4, -0.2) is 30.0 Å². The molecule has 142 valence electrons. The van der Waals surface area contributed by atoms with Crippen LogP contribution in [0, 0.1) is 18.3 Å². The summed E-state index contributed by atoms with van der Waals surface area (Å²) in [6, 6.07) is 11.3. The Morgan fingerprint density at radius 1 is 1.29 bits per heavy atom. The van der Waals surface area contributed by atoms with Crippen LogP contribution >= 0.6 is 11.3 Å². The number of hydrogen-bond acceptors (Lipinski definition) is 5. The number of aromatic nitrogens is 1. The Morgan fingerprint density at radius 2 is 2.07 bits per heavy atom. The zero-order chi connectivity index (χ0) is 19.7. The number of anilines is 1. The lowest BCUT2D eigenvalue weighted by Gasteiger charge is -2.35. The van der Waals surface area contributed by atoms with Crippen LogP contribution in [-0.2, 0) is 0 Å². The van der Waals surface area contributed by atoms with Gasteiger partial charge < -0.3 is 15.2 Å². The largest absolute Gasteiger partial charge is 0.321 e. The molecule has 1 aliphatic heterocycles. The lowest BCUT2D eigenvalue weighted by atomic mass is 9.99. The van der Waals surface area contributed by atoms with Crippen molar-refractivity contribution in [2.24, 2.45) is 0 Å². The van der Waals surface area contributed by atoms with E-state index in [0.29, 0.717) is 21.5 Å². The quantitative estimate of drug-likeness (QED) is 0.716. The van der Waals surface area contributed by atoms with Crippen molar-refractivity contribution in [2.75, 3.05) is 18.0 Å². The number of hydrogen-bond donors (Lipinski definition) is 2. The number of nitrogens with zero attached hydrogens (tertiary/aromatic N) is 2. The molecule has 0 saturated carbocycles. The second-order valence-electron chi connectivity index (χ2n) is 6.97. The minimum atomic E-state index is -0.464. The molecule has 4 rings (SSSR count). The predicted molar refractivity (Wildman–Crippen MR) is 111 cm³/mol. The number of aryl methyl sites for hydroxylation is 1. The van der Waals surface area contributed by atoms with E-state index in [0.717, 1.165) is 31.5 Å². The summed E-state index contributed by atoms with van der Waals surface area (Å²) < 4.78 is 0. The molecular weight excluding hydrogens is 372 g/mol. The number of amides is 1. The second-order valence-corrected chi connectivity index (χ2v) is 7.92. The zero-order valence-electron chi connectivity index (χ0n) is 15.5. The Kier molecular flexibility index (Phi) is 4.99. The third-order valence-corrected chi connectivity index (χ3v) is 5.98. The van der Waals surface area contributed by atoms with Gasteiger partial charge in [-0.2, -0.15) is 5.26 Å². The monoisotopic (exact) mass is 392 g/mol. The topological polar surface area (TPSA) is 89.0 Å². The van der Waals surface area contributed by atoms with Crippen molar-refractivity contribution in [2.45, 2.75) is 25.8 Å². The van der Waals surface area contributed by atoms with E-state index in [2.05, 4.69) is 10.3 Å². The number of pyridine rings is 1. The average Bonchev–Trinajstić information content (AvgIpc) is 3.23. The van der Waals surface area contributed by atoms with Crippen molar-refractivity contribution in [3.63, 3.8) is 0 Å². The SMILES string of the molecule is Cc1ccc2c(N(C(=O)c3cccs3)C3CCNCC3)c(C#N)c(=O)[nH]c2c1. The van der Waals surface area contributed by atoms with Crippen LogP contribution in [0.2, 0.25) is 0 Å². The van der Waals surface area contributed by atoms with Gasteiger partial charge in [-0.05, 0) is 55.9 Å². The molecule has 2 N–H and O–H groups in total. The minimum absolute atomic E-state index is 0.0141. The molecule has 1 aliphatic rings. The van der Waals surface area contributed by atoms with Gasteiger partial charge in [-0.3, -0.25) is 9.59 Å². The number of carbonyl (C=O) groups is 1. The Bertz CT molecular complexity index is 1120. The maximum absolute atomic E-state index is 13.5. The van der Waals surface area contributed by atoms with Crippen molar-refractivity contribution in [3.8, 4) is 6.07 Å². The molecule has 7 heteroatoms. The molecule has 28 heavy (non-hydrogen) atoms. The number of nitriles is 1. The average molecular weight is 392 g/mol. The Morgan fingerprint density at radius 3 is 2.75 bits per heavy atom. The highest BCUT2D eigenvalue weighted by atomic mass is 32.1. The lowest BCUT2D eigenvalue weighted by molar-refractivity contribution is 0.0976. The second kappa shape index (κ2) is 7.58. The number of thiophene rings is 1. The van der Waals surface area contributed by atoms with Crippen molar-refractivity contribution >= 4 is 33.8 Å². The summed E-state index contributed by atoms with van der Waals surface area (Å²) in [5.74, 6) is -0.161. The molecule has 1 fully saturated rings. The summed E-state index contributed by atoms with van der Waals surface area (Å²) in [5.41, 5.74) is 1.58. The highest BCUT2D eigenvalue weighted by molar-refractivity contribution is 7.12. The van der Waals surface area contributed by atoms with Crippen molar-refractivity contribution in [1.29, 1.82) is 5.26 Å². The van der Waals surface area contributed by atoms with Gasteiger partial charge in [0.1, 0.15) is 11.6 Å². The Balaban J connectivity index is 2.00. The summed E-state index contributed by atoms with van der Waals surface area (Å²) in [7, 11) is 0. The maximum atomic E-state index is 13.5. The molecular formula is C21H20N4O2S. The first-order valence-corrected chi connectivity index (χ1v) is 10.1. The third kappa shape index (κ3) is 3.21. The molecule has 0 bridgehead atoms. The maximum Gasteiger partial charge on any atom is 0.268 e. The Labute approximate surface area is 166 Å². The van der Waals surface area contributed by atoms with Gasteiger partial charge in [0, 0.05) is 11.4 Å². The van der Waals surface area contributed by atoms with E-state index in [1.807, 2.05) is 42.6 Å². The van der Waals surface area contributed by atoms with E-state index >= 15 is 0 Å². The lowest BCUT2D eigenvalue weighted by Crippen LogP contribution is -2.47. The van der Waals surface area contributed by atoms with E-state index in [-0.39, 0.29) is 17.5 Å². The first kappa shape index (κ1) is 18.4. The molecule has 0 radical (unpaired) electrons. The van der Waals surface area contributed by atoms with Gasteiger partial charge in [0.25, 0.3) is 11.5 Å². The number of fused-ring (bicyclic) bond motifs is 1. The number of H-pyrrole nitrogens is 1. The van der Waals surface area contributed by atoms with Gasteiger partial charge in [0.2, 0.25) is 0 Å². The molecule has 1 amide bonds. The van der Waals surface area contributed by atoms with Crippen LogP contribution in [0.15, 0.2) is 40.5 Å². The number of nitrogens with one attached hydrogen (secondary N) is 2. The van der Waals surface area contributed by atoms with Crippen LogP contribution < -0.4 is 15.8 Å². The third-order valence-electron chi connectivity index (χ3n) is 5.12. The highest BCUT2D eigenvalue weighted by Gasteiger charge is 2.32. The summed E-state index contributed by atoms with van der Waals surface area (Å²) in [5, 5.41) is 15.6. The summed E-state index contributed by atoms with van der Waals surface area (Å²) in [6.07, 6.45) is 1.53. The first-order chi connectivity index (χ1) is 13.6. The van der Waals surface area contributed by atoms with E-state index in [1.165, 1.54) is 11.3 Å². The molecule has 6 nitrogen and oxygen atoms in total. The van der Waals surface area contributed by atoms with Crippen LogP contribution in [0.25, 0.3) is 10.9 Å². The normalized spacial score (nSPS) is 14.7. The van der Waals surface area contributed by atoms with Gasteiger partial charge in [0.15, 0.2) is 0 Å². The van der Waals surface area contributed by atoms with Crippen molar-refractivity contribution in [3.05, 3.63) is 62.1 Å². The summed E-state index contributed by atoms with van der Waals surface area (Å²) >= 11 is 1.37. The molecule has 3 aromatic rings. The van der Waals surface area contributed by atoms with Gasteiger partial charge in [0.05, 0.1) is 16.1 Å². The van der Waals surface area contributed by atoms with E-state index in [9.17, 15) is 14.9 Å². The molecule has 1 saturated heterocycles. The van der Waals surface area contributed by atoms with Gasteiger partial charge in [-0.25, -0.2) is 0 Å². The number of aromatic amines is 1. The van der Waals surface area contributed by atoms with Crippen LogP contribution in [0.5, 0.6) is 0 Å². The van der Waals surface area contributed by atoms with Crippen LogP contribution in [0.4, 0.5) is 5.69 Å². The van der Waals surface area contributed by atoms with Crippen LogP contribution in [0.1, 0.15) is 33.6 Å². The number of carbonyl (C=O) groups excluding carboxylic acids is 1. The molecule has 0 spiro atoms. The van der Waals surface area contributed by atoms with E-state index in [4.69, 9.17) is 0 Å². The minimum Gasteiger partial charge on any atom is -0.321 e. The summed E-state index contributed by atoms with van der Waals surface area (Å²) in [6.45, 7) is 3.53. The fraction of sp³-hybridized carbons (Fsp3) is 0.286. The molecule has 0 aliphatic carbocycles. The number of rotatable bonds is 3. The van der Waals surface area contributed by atoms with Gasteiger partial charge in [-0.1, -0.05) is 18.2 Å². The smallest absolute Gasteiger partial charge is 0.268 e. The standard InChI is InChI=1S/C21H20N4O2S/c1-13-4-5-15-17(11-13)24-20(26)16(12-22)19(15)25(14-6-8-23-9-7-14)21(27)18-3-2-10-28-18/h2-5,10-11,14,23H,6-9H2,1H3,(H,24,26). The number of piperidine rings is 1. The zero-order valence-corrected chi connectivity index (χ0v) is 16.3. The van der Waals surface area contributed by atoms with Crippen molar-refractivity contribution < 1.29 is 4.79 Å². The predicted octanol–water partition coefficient (Wildman–Crippen LogP) is 3.17. The fourth-order valence-corrected chi connectivity index (χ4v) is 4.44. The Hall–Kier alpha value is -2.95. The van der Waals surface area contributed by atoms with E-state index < -0.39 is 5.56 Å². The summed E-state index contributed by atoms with van der Waals surface area (Å²) in [4.78, 5) is 31.2. The van der Waals surface area contributed by atoms with Gasteiger partial charge >= 0.3 is 0 Å². The molecule has 1 aromatic carbocycles. The fourth-order valence-electron chi connectivity index (χ4n) is 3.78. The highest BCUT2D eigenvalue weighted by Crippen LogP contribution is 2.33. The molecule has 0 atom stereocenters. The first-order valence-electron chi connectivity index (χ1n) is 9.24. The molecule has 2 aromatic heterocycles. The van der Waals surface area contributed by atoms with Gasteiger partial charge in [-0.15, -0.1) is 11.3 Å². The molecule has 0 unspecified atom stereocenters. The number of benzene rings is 1. The molecule has 3 heterocycles. The van der Waals surface area contributed by atoms with Crippen LogP contribution in [0.3, 0.4) is 0 Å². The van der Waals surface area contributed by atoms with Crippen molar-refractivity contribution in [1.82, 2.24) is 10.3 Å². The van der Waals surface area contributed by atoms with E-state index in [1.54, 1.807) is 11.0 Å².